The summed E-state index contributed by atoms with van der Waals surface area (Å²) < 4.78 is 30.6. The number of rotatable bonds is 4. The smallest absolute Gasteiger partial charge is 0.123 e. The van der Waals surface area contributed by atoms with Gasteiger partial charge in [0, 0.05) is 34.1 Å². The normalized spacial score (nSPS) is 20.3. The zero-order valence-corrected chi connectivity index (χ0v) is 11.4. The van der Waals surface area contributed by atoms with Crippen LogP contribution in [-0.4, -0.2) is 27.4 Å². The number of hydrogen-bond donors (Lipinski definition) is 1. The minimum absolute atomic E-state index is 0.134. The van der Waals surface area contributed by atoms with Crippen LogP contribution < -0.4 is 10.5 Å². The lowest BCUT2D eigenvalue weighted by molar-refractivity contribution is 0.258. The van der Waals surface area contributed by atoms with E-state index in [2.05, 4.69) is 0 Å². The van der Waals surface area contributed by atoms with Gasteiger partial charge in [0.15, 0.2) is 0 Å². The van der Waals surface area contributed by atoms with Crippen molar-refractivity contribution < 1.29 is 13.3 Å². The van der Waals surface area contributed by atoms with E-state index < -0.39 is 16.3 Å². The standard InChI is InChI=1S/C13H18FNO2S/c1-13(2,15)8-18(16)7-11-6-9-5-10(14)3-4-12(9)17-11/h3-5,11H,6-8,15H2,1-2H3. The Hall–Kier alpha value is -0.940. The summed E-state index contributed by atoms with van der Waals surface area (Å²) in [4.78, 5) is 0. The van der Waals surface area contributed by atoms with Crippen LogP contribution in [0.4, 0.5) is 4.39 Å². The Morgan fingerprint density at radius 1 is 1.56 bits per heavy atom. The number of fused-ring (bicyclic) bond motifs is 1. The fourth-order valence-electron chi connectivity index (χ4n) is 2.06. The van der Waals surface area contributed by atoms with Gasteiger partial charge in [0.2, 0.25) is 0 Å². The highest BCUT2D eigenvalue weighted by atomic mass is 32.2. The molecule has 1 aromatic carbocycles. The zero-order chi connectivity index (χ0) is 13.3. The first-order valence-electron chi connectivity index (χ1n) is 5.92. The number of benzene rings is 1. The highest BCUT2D eigenvalue weighted by Crippen LogP contribution is 2.29. The molecule has 0 aromatic heterocycles. The molecule has 0 aliphatic carbocycles. The van der Waals surface area contributed by atoms with Crippen LogP contribution in [-0.2, 0) is 17.2 Å². The van der Waals surface area contributed by atoms with E-state index in [4.69, 9.17) is 10.5 Å². The Morgan fingerprint density at radius 3 is 2.94 bits per heavy atom. The molecule has 1 aliphatic heterocycles. The second-order valence-corrected chi connectivity index (χ2v) is 6.94. The van der Waals surface area contributed by atoms with Crippen molar-refractivity contribution in [1.29, 1.82) is 0 Å². The summed E-state index contributed by atoms with van der Waals surface area (Å²) in [5, 5.41) is 0. The van der Waals surface area contributed by atoms with E-state index in [1.165, 1.54) is 12.1 Å². The maximum Gasteiger partial charge on any atom is 0.123 e. The van der Waals surface area contributed by atoms with Gasteiger partial charge < -0.3 is 10.5 Å². The topological polar surface area (TPSA) is 52.3 Å². The highest BCUT2D eigenvalue weighted by molar-refractivity contribution is 7.85. The molecule has 0 amide bonds. The number of halogens is 1. The molecular weight excluding hydrogens is 253 g/mol. The van der Waals surface area contributed by atoms with Crippen molar-refractivity contribution >= 4 is 10.8 Å². The first-order valence-corrected chi connectivity index (χ1v) is 7.41. The Morgan fingerprint density at radius 2 is 2.28 bits per heavy atom. The highest BCUT2D eigenvalue weighted by Gasteiger charge is 2.26. The fourth-order valence-corrected chi connectivity index (χ4v) is 3.61. The third kappa shape index (κ3) is 3.53. The molecule has 0 fully saturated rings. The molecule has 0 radical (unpaired) electrons. The Balaban J connectivity index is 1.94. The lowest BCUT2D eigenvalue weighted by Crippen LogP contribution is -2.40. The molecule has 2 N–H and O–H groups in total. The van der Waals surface area contributed by atoms with Crippen LogP contribution in [0.5, 0.6) is 5.75 Å². The van der Waals surface area contributed by atoms with Gasteiger partial charge in [0.1, 0.15) is 17.7 Å². The average Bonchev–Trinajstić information content (AvgIpc) is 2.55. The molecule has 2 unspecified atom stereocenters. The van der Waals surface area contributed by atoms with Gasteiger partial charge in [0.25, 0.3) is 0 Å². The van der Waals surface area contributed by atoms with Gasteiger partial charge in [-0.05, 0) is 32.0 Å². The van der Waals surface area contributed by atoms with Gasteiger partial charge >= 0.3 is 0 Å². The lowest BCUT2D eigenvalue weighted by atomic mass is 10.1. The van der Waals surface area contributed by atoms with Crippen LogP contribution >= 0.6 is 0 Å². The van der Waals surface area contributed by atoms with Gasteiger partial charge in [0.05, 0.1) is 5.75 Å². The summed E-state index contributed by atoms with van der Waals surface area (Å²) in [7, 11) is -1.02. The summed E-state index contributed by atoms with van der Waals surface area (Å²) in [6.45, 7) is 3.70. The molecule has 100 valence electrons. The molecule has 18 heavy (non-hydrogen) atoms. The third-order valence-corrected chi connectivity index (χ3v) is 4.48. The van der Waals surface area contributed by atoms with E-state index >= 15 is 0 Å². The van der Waals surface area contributed by atoms with Crippen LogP contribution in [0.1, 0.15) is 19.4 Å². The maximum absolute atomic E-state index is 13.0. The molecule has 5 heteroatoms. The van der Waals surface area contributed by atoms with Gasteiger partial charge in [-0.15, -0.1) is 0 Å². The van der Waals surface area contributed by atoms with Gasteiger partial charge in [-0.3, -0.25) is 4.21 Å². The first kappa shape index (κ1) is 13.5. The zero-order valence-electron chi connectivity index (χ0n) is 10.6. The monoisotopic (exact) mass is 271 g/mol. The van der Waals surface area contributed by atoms with E-state index in [9.17, 15) is 8.60 Å². The maximum atomic E-state index is 13.0. The quantitative estimate of drug-likeness (QED) is 0.905. The van der Waals surface area contributed by atoms with Crippen molar-refractivity contribution in [3.8, 4) is 5.75 Å². The van der Waals surface area contributed by atoms with Crippen LogP contribution in [0.15, 0.2) is 18.2 Å². The summed E-state index contributed by atoms with van der Waals surface area (Å²) in [5.74, 6) is 1.32. The van der Waals surface area contributed by atoms with Gasteiger partial charge in [-0.1, -0.05) is 0 Å². The molecular formula is C13H18FNO2S. The fraction of sp³-hybridized carbons (Fsp3) is 0.538. The summed E-state index contributed by atoms with van der Waals surface area (Å²) in [6.07, 6.45) is 0.481. The Labute approximate surface area is 109 Å². The van der Waals surface area contributed by atoms with E-state index in [-0.39, 0.29) is 11.9 Å². The van der Waals surface area contributed by atoms with Crippen molar-refractivity contribution in [2.75, 3.05) is 11.5 Å². The molecule has 1 heterocycles. The van der Waals surface area contributed by atoms with Crippen LogP contribution in [0.2, 0.25) is 0 Å². The number of ether oxygens (including phenoxy) is 1. The van der Waals surface area contributed by atoms with Crippen LogP contribution in [0.3, 0.4) is 0 Å². The summed E-state index contributed by atoms with van der Waals surface area (Å²) in [6, 6.07) is 4.48. The molecule has 0 bridgehead atoms. The van der Waals surface area contributed by atoms with Crippen LogP contribution in [0, 0.1) is 5.82 Å². The van der Waals surface area contributed by atoms with Gasteiger partial charge in [-0.25, -0.2) is 4.39 Å². The molecule has 1 aliphatic rings. The molecule has 2 rings (SSSR count). The molecule has 0 saturated heterocycles. The van der Waals surface area contributed by atoms with Gasteiger partial charge in [-0.2, -0.15) is 0 Å². The number of nitrogens with two attached hydrogens (primary N) is 1. The molecule has 1 aromatic rings. The summed E-state index contributed by atoms with van der Waals surface area (Å²) in [5.41, 5.74) is 6.24. The van der Waals surface area contributed by atoms with E-state index in [1.54, 1.807) is 6.07 Å². The van der Waals surface area contributed by atoms with E-state index in [0.29, 0.717) is 23.7 Å². The minimum Gasteiger partial charge on any atom is -0.489 e. The van der Waals surface area contributed by atoms with Crippen molar-refractivity contribution in [2.45, 2.75) is 31.9 Å². The predicted octanol–water partition coefficient (Wildman–Crippen LogP) is 1.62. The van der Waals surface area contributed by atoms with E-state index in [0.717, 1.165) is 5.56 Å². The largest absolute Gasteiger partial charge is 0.489 e. The average molecular weight is 271 g/mol. The summed E-state index contributed by atoms with van der Waals surface area (Å²) >= 11 is 0. The molecule has 2 atom stereocenters. The molecule has 3 nitrogen and oxygen atoms in total. The van der Waals surface area contributed by atoms with Crippen LogP contribution in [0.25, 0.3) is 0 Å². The van der Waals surface area contributed by atoms with Crippen molar-refractivity contribution in [3.05, 3.63) is 29.6 Å². The second kappa shape index (κ2) is 4.97. The Bertz CT molecular complexity index is 471. The van der Waals surface area contributed by atoms with Crippen molar-refractivity contribution in [3.63, 3.8) is 0 Å². The Kier molecular flexibility index (Phi) is 3.73. The third-order valence-electron chi connectivity index (χ3n) is 2.67. The van der Waals surface area contributed by atoms with Crippen molar-refractivity contribution in [1.82, 2.24) is 0 Å². The minimum atomic E-state index is -1.02. The SMILES string of the molecule is CC(C)(N)CS(=O)CC1Cc2cc(F)ccc2O1. The molecule has 0 spiro atoms. The lowest BCUT2D eigenvalue weighted by Gasteiger charge is -2.19. The number of hydrogen-bond acceptors (Lipinski definition) is 3. The first-order chi connectivity index (χ1) is 8.33. The predicted molar refractivity (Wildman–Crippen MR) is 70.7 cm³/mol. The molecule has 0 saturated carbocycles. The van der Waals surface area contributed by atoms with E-state index in [1.807, 2.05) is 13.8 Å². The second-order valence-electron chi connectivity index (χ2n) is 5.44. The van der Waals surface area contributed by atoms with Crippen molar-refractivity contribution in [2.24, 2.45) is 5.73 Å².